The van der Waals surface area contributed by atoms with Gasteiger partial charge in [0, 0.05) is 12.6 Å². The predicted molar refractivity (Wildman–Crippen MR) is 85.3 cm³/mol. The molecule has 21 heavy (non-hydrogen) atoms. The van der Waals surface area contributed by atoms with Gasteiger partial charge in [-0.1, -0.05) is 6.92 Å². The Balaban J connectivity index is 1.68. The number of hydrogen-bond acceptors (Lipinski definition) is 4. The molecule has 0 spiro atoms. The fraction of sp³-hybridized carbons (Fsp3) is 0.941. The van der Waals surface area contributed by atoms with Crippen molar-refractivity contribution >= 4 is 5.97 Å². The molecular weight excluding hydrogens is 264 g/mol. The molecule has 2 saturated carbocycles. The van der Waals surface area contributed by atoms with Gasteiger partial charge < -0.3 is 9.64 Å². The Labute approximate surface area is 129 Å². The number of hydrogen-bond donors (Lipinski definition) is 1. The van der Waals surface area contributed by atoms with E-state index in [0.717, 1.165) is 31.8 Å². The first-order valence-electron chi connectivity index (χ1n) is 8.66. The van der Waals surface area contributed by atoms with Crippen LogP contribution >= 0.6 is 0 Å². The molecule has 0 aromatic carbocycles. The molecule has 122 valence electrons. The number of carbonyl (C=O) groups is 1. The minimum Gasteiger partial charge on any atom is -0.468 e. The fourth-order valence-corrected chi connectivity index (χ4v) is 2.99. The maximum Gasteiger partial charge on any atom is 0.325 e. The second-order valence-corrected chi connectivity index (χ2v) is 7.04. The van der Waals surface area contributed by atoms with E-state index in [1.54, 1.807) is 0 Å². The van der Waals surface area contributed by atoms with Crippen molar-refractivity contribution < 1.29 is 9.53 Å². The summed E-state index contributed by atoms with van der Waals surface area (Å²) in [6.45, 7) is 7.82. The Kier molecular flexibility index (Phi) is 6.06. The summed E-state index contributed by atoms with van der Waals surface area (Å²) in [5.74, 6) is 0.849. The first kappa shape index (κ1) is 16.8. The highest BCUT2D eigenvalue weighted by Gasteiger charge is 2.38. The summed E-state index contributed by atoms with van der Waals surface area (Å²) in [7, 11) is 1.49. The summed E-state index contributed by atoms with van der Waals surface area (Å²) in [6.07, 6.45) is 8.34. The molecule has 0 bridgehead atoms. The lowest BCUT2D eigenvalue weighted by Crippen LogP contribution is -2.51. The van der Waals surface area contributed by atoms with Gasteiger partial charge in [0.1, 0.15) is 5.54 Å². The number of methoxy groups -OCH3 is 1. The lowest BCUT2D eigenvalue weighted by Gasteiger charge is -2.28. The molecule has 2 rings (SSSR count). The Bertz CT molecular complexity index is 340. The van der Waals surface area contributed by atoms with Crippen molar-refractivity contribution in [3.05, 3.63) is 0 Å². The minimum atomic E-state index is -0.497. The Morgan fingerprint density at radius 1 is 1.29 bits per heavy atom. The van der Waals surface area contributed by atoms with Crippen LogP contribution in [0.25, 0.3) is 0 Å². The van der Waals surface area contributed by atoms with Gasteiger partial charge in [-0.3, -0.25) is 10.1 Å². The third kappa shape index (κ3) is 5.59. The van der Waals surface area contributed by atoms with Gasteiger partial charge in [-0.05, 0) is 70.9 Å². The zero-order valence-electron chi connectivity index (χ0n) is 14.0. The molecule has 0 aromatic heterocycles. The van der Waals surface area contributed by atoms with Gasteiger partial charge in [-0.15, -0.1) is 0 Å². The zero-order valence-corrected chi connectivity index (χ0v) is 14.0. The van der Waals surface area contributed by atoms with Crippen molar-refractivity contribution in [3.8, 4) is 0 Å². The number of nitrogens with one attached hydrogen (secondary N) is 1. The van der Waals surface area contributed by atoms with E-state index in [-0.39, 0.29) is 5.97 Å². The SMILES string of the molecule is CCN(CCCCC(C)(NC1CC1)C(=O)OC)CC1CC1. The first-order valence-corrected chi connectivity index (χ1v) is 8.66. The van der Waals surface area contributed by atoms with E-state index in [0.29, 0.717) is 6.04 Å². The van der Waals surface area contributed by atoms with Crippen molar-refractivity contribution in [1.29, 1.82) is 0 Å². The van der Waals surface area contributed by atoms with E-state index < -0.39 is 5.54 Å². The topological polar surface area (TPSA) is 41.6 Å². The average Bonchev–Trinajstić information content (AvgIpc) is 3.37. The Hall–Kier alpha value is -0.610. The van der Waals surface area contributed by atoms with Crippen LogP contribution < -0.4 is 5.32 Å². The van der Waals surface area contributed by atoms with Gasteiger partial charge in [-0.25, -0.2) is 0 Å². The number of carbonyl (C=O) groups excluding carboxylic acids is 1. The van der Waals surface area contributed by atoms with Crippen LogP contribution in [0.1, 0.15) is 58.8 Å². The second kappa shape index (κ2) is 7.59. The monoisotopic (exact) mass is 296 g/mol. The van der Waals surface area contributed by atoms with Crippen molar-refractivity contribution in [2.45, 2.75) is 70.4 Å². The number of ether oxygens (including phenoxy) is 1. The maximum atomic E-state index is 12.0. The van der Waals surface area contributed by atoms with Crippen molar-refractivity contribution in [2.24, 2.45) is 5.92 Å². The highest BCUT2D eigenvalue weighted by Crippen LogP contribution is 2.30. The number of unbranched alkanes of at least 4 members (excludes halogenated alkanes) is 1. The van der Waals surface area contributed by atoms with Crippen LogP contribution in [0.4, 0.5) is 0 Å². The van der Waals surface area contributed by atoms with Gasteiger partial charge in [0.25, 0.3) is 0 Å². The van der Waals surface area contributed by atoms with Crippen LogP contribution in [0.5, 0.6) is 0 Å². The van der Waals surface area contributed by atoms with Gasteiger partial charge in [0.2, 0.25) is 0 Å². The molecule has 2 fully saturated rings. The van der Waals surface area contributed by atoms with Crippen LogP contribution in [0.2, 0.25) is 0 Å². The molecule has 0 aromatic rings. The summed E-state index contributed by atoms with van der Waals surface area (Å²) >= 11 is 0. The summed E-state index contributed by atoms with van der Waals surface area (Å²) < 4.78 is 4.99. The van der Waals surface area contributed by atoms with E-state index in [1.807, 2.05) is 6.92 Å². The largest absolute Gasteiger partial charge is 0.468 e. The molecule has 0 amide bonds. The van der Waals surface area contributed by atoms with Gasteiger partial charge in [0.05, 0.1) is 7.11 Å². The Morgan fingerprint density at radius 2 is 2.00 bits per heavy atom. The second-order valence-electron chi connectivity index (χ2n) is 7.04. The molecule has 1 N–H and O–H groups in total. The maximum absolute atomic E-state index is 12.0. The first-order chi connectivity index (χ1) is 10.1. The van der Waals surface area contributed by atoms with E-state index in [4.69, 9.17) is 4.74 Å². The molecular formula is C17H32N2O2. The van der Waals surface area contributed by atoms with Gasteiger partial charge in [-0.2, -0.15) is 0 Å². The van der Waals surface area contributed by atoms with E-state index in [1.165, 1.54) is 45.8 Å². The Morgan fingerprint density at radius 3 is 2.52 bits per heavy atom. The normalized spacial score (nSPS) is 21.3. The summed E-state index contributed by atoms with van der Waals surface area (Å²) in [5, 5.41) is 3.47. The predicted octanol–water partition coefficient (Wildman–Crippen LogP) is 2.57. The van der Waals surface area contributed by atoms with Gasteiger partial charge >= 0.3 is 5.97 Å². The van der Waals surface area contributed by atoms with Crippen molar-refractivity contribution in [3.63, 3.8) is 0 Å². The molecule has 0 saturated heterocycles. The molecule has 4 nitrogen and oxygen atoms in total. The molecule has 2 aliphatic rings. The molecule has 4 heteroatoms. The van der Waals surface area contributed by atoms with Crippen molar-refractivity contribution in [2.75, 3.05) is 26.7 Å². The van der Waals surface area contributed by atoms with Crippen LogP contribution in [-0.2, 0) is 9.53 Å². The van der Waals surface area contributed by atoms with E-state index in [9.17, 15) is 4.79 Å². The molecule has 1 atom stereocenters. The fourth-order valence-electron chi connectivity index (χ4n) is 2.99. The molecule has 0 aliphatic heterocycles. The van der Waals surface area contributed by atoms with Crippen molar-refractivity contribution in [1.82, 2.24) is 10.2 Å². The average molecular weight is 296 g/mol. The van der Waals surface area contributed by atoms with E-state index in [2.05, 4.69) is 17.1 Å². The standard InChI is InChI=1S/C17H32N2O2/c1-4-19(13-14-7-8-14)12-6-5-11-17(2,16(20)21-3)18-15-9-10-15/h14-15,18H,4-13H2,1-3H3. The highest BCUT2D eigenvalue weighted by molar-refractivity contribution is 5.80. The van der Waals surface area contributed by atoms with E-state index >= 15 is 0 Å². The summed E-state index contributed by atoms with van der Waals surface area (Å²) in [4.78, 5) is 14.6. The summed E-state index contributed by atoms with van der Waals surface area (Å²) in [5.41, 5.74) is -0.497. The highest BCUT2D eigenvalue weighted by atomic mass is 16.5. The number of rotatable bonds is 11. The molecule has 2 aliphatic carbocycles. The summed E-state index contributed by atoms with van der Waals surface area (Å²) in [6, 6.07) is 0.524. The van der Waals surface area contributed by atoms with Crippen LogP contribution in [-0.4, -0.2) is 49.2 Å². The minimum absolute atomic E-state index is 0.111. The quantitative estimate of drug-likeness (QED) is 0.470. The smallest absolute Gasteiger partial charge is 0.325 e. The third-order valence-electron chi connectivity index (χ3n) is 4.80. The zero-order chi connectivity index (χ0) is 15.3. The van der Waals surface area contributed by atoms with Crippen LogP contribution in [0.15, 0.2) is 0 Å². The van der Waals surface area contributed by atoms with Crippen LogP contribution in [0, 0.1) is 5.92 Å². The van der Waals surface area contributed by atoms with Gasteiger partial charge in [0.15, 0.2) is 0 Å². The third-order valence-corrected chi connectivity index (χ3v) is 4.80. The lowest BCUT2D eigenvalue weighted by molar-refractivity contribution is -0.148. The molecule has 0 radical (unpaired) electrons. The molecule has 1 unspecified atom stereocenters. The van der Waals surface area contributed by atoms with Crippen LogP contribution in [0.3, 0.4) is 0 Å². The number of esters is 1. The molecule has 0 heterocycles. The number of nitrogens with zero attached hydrogens (tertiary/aromatic N) is 1. The lowest BCUT2D eigenvalue weighted by atomic mass is 9.94.